The van der Waals surface area contributed by atoms with Gasteiger partial charge in [-0.3, -0.25) is 0 Å². The fourth-order valence-corrected chi connectivity index (χ4v) is 5.59. The second-order valence-electron chi connectivity index (χ2n) is 12.2. The molecule has 44 heavy (non-hydrogen) atoms. The van der Waals surface area contributed by atoms with E-state index in [-0.39, 0.29) is 0 Å². The average Bonchev–Trinajstić information content (AvgIpc) is 2.98. The molecule has 0 bridgehead atoms. The number of unbranched alkanes of at least 4 members (excludes halogenated alkanes) is 27. The molecule has 0 aliphatic carbocycles. The highest BCUT2D eigenvalue weighted by Gasteiger charge is 1.94. The van der Waals surface area contributed by atoms with Crippen LogP contribution in [0.3, 0.4) is 0 Å². The van der Waals surface area contributed by atoms with Gasteiger partial charge in [0.05, 0.1) is 0 Å². The monoisotopic (exact) mass is 705 g/mol. The van der Waals surface area contributed by atoms with E-state index in [1.54, 1.807) is 0 Å². The second kappa shape index (κ2) is 51.0. The summed E-state index contributed by atoms with van der Waals surface area (Å²) in [5.74, 6) is 3.53. The molecule has 0 unspecified atom stereocenters. The molecule has 0 saturated heterocycles. The number of rotatable bonds is 30. The number of hydrogen-bond donors (Lipinski definition) is 0. The maximum Gasteiger partial charge on any atom is 0.103 e. The molecule has 0 aromatic carbocycles. The van der Waals surface area contributed by atoms with Gasteiger partial charge in [-0.25, -0.2) is 0 Å². The molecule has 8 heteroatoms. The second-order valence-corrected chi connectivity index (χ2v) is 14.6. The lowest BCUT2D eigenvalue weighted by Gasteiger charge is -2.36. The van der Waals surface area contributed by atoms with Crippen LogP contribution in [0, 0.1) is 0 Å². The van der Waals surface area contributed by atoms with Crippen LogP contribution < -0.4 is 14.7 Å². The summed E-state index contributed by atoms with van der Waals surface area (Å²) in [6.45, 7) is 6.83. The van der Waals surface area contributed by atoms with Gasteiger partial charge in [0.25, 0.3) is 0 Å². The summed E-state index contributed by atoms with van der Waals surface area (Å²) in [6, 6.07) is 0. The van der Waals surface area contributed by atoms with Gasteiger partial charge in [-0.2, -0.15) is 7.82 Å². The van der Waals surface area contributed by atoms with Gasteiger partial charge in [-0.15, -0.1) is 0 Å². The van der Waals surface area contributed by atoms with Crippen LogP contribution in [0.1, 0.15) is 213 Å². The maximum absolute atomic E-state index is 8.55. The van der Waals surface area contributed by atoms with Crippen molar-refractivity contribution in [2.45, 2.75) is 213 Å². The highest BCUT2D eigenvalue weighted by atomic mass is 32.1. The Labute approximate surface area is 294 Å². The highest BCUT2D eigenvalue weighted by molar-refractivity contribution is 7.58. The molecule has 272 valence electrons. The van der Waals surface area contributed by atoms with Gasteiger partial charge >= 0.3 is 0 Å². The zero-order valence-electron chi connectivity index (χ0n) is 29.9. The Hall–Kier alpha value is 1.16. The predicted octanol–water partition coefficient (Wildman–Crippen LogP) is 8.93. The Morgan fingerprint density at radius 2 is 0.432 bits per heavy atom. The van der Waals surface area contributed by atoms with E-state index in [2.05, 4.69) is 58.7 Å². The van der Waals surface area contributed by atoms with Crippen molar-refractivity contribution >= 4 is 45.7 Å². The van der Waals surface area contributed by atoms with Crippen molar-refractivity contribution < 1.29 is 19.2 Å². The minimum Gasteiger partial charge on any atom is -0.822 e. The lowest BCUT2D eigenvalue weighted by atomic mass is 10.1. The van der Waals surface area contributed by atoms with Crippen molar-refractivity contribution in [3.8, 4) is 0 Å². The van der Waals surface area contributed by atoms with Crippen molar-refractivity contribution in [1.82, 2.24) is 0 Å². The van der Waals surface area contributed by atoms with Crippen molar-refractivity contribution in [3.05, 3.63) is 0 Å². The summed E-state index contributed by atoms with van der Waals surface area (Å²) in [5, 5.41) is 0. The third-order valence-electron chi connectivity index (χ3n) is 7.59. The lowest BCUT2D eigenvalue weighted by molar-refractivity contribution is -0.432. The molecule has 0 saturated carbocycles. The van der Waals surface area contributed by atoms with E-state index in [0.717, 1.165) is 0 Å². The van der Waals surface area contributed by atoms with Crippen LogP contribution in [0.2, 0.25) is 0 Å². The number of phosphoric acid groups is 1. The highest BCUT2D eigenvalue weighted by Crippen LogP contribution is 2.12. The first-order valence-corrected chi connectivity index (χ1v) is 22.5. The summed E-state index contributed by atoms with van der Waals surface area (Å²) in [7, 11) is -5.39. The topological polar surface area (TPSA) is 86.2 Å². The van der Waals surface area contributed by atoms with E-state index in [0.29, 0.717) is 0 Å². The molecule has 0 atom stereocenters. The first-order chi connectivity index (χ1) is 21.2. The van der Waals surface area contributed by atoms with Gasteiger partial charge in [-0.05, 0) is 76.4 Å². The fourth-order valence-electron chi connectivity index (χ4n) is 4.84. The summed E-state index contributed by atoms with van der Waals surface area (Å²) < 4.78 is 8.55. The predicted molar refractivity (Wildman–Crippen MR) is 208 cm³/mol. The van der Waals surface area contributed by atoms with Crippen LogP contribution in [0.15, 0.2) is 0 Å². The minimum atomic E-state index is -5.39. The van der Waals surface area contributed by atoms with E-state index in [1.165, 1.54) is 210 Å². The molecule has 0 radical (unpaired) electrons. The smallest absolute Gasteiger partial charge is 0.103 e. The van der Waals surface area contributed by atoms with Crippen LogP contribution in [-0.4, -0.2) is 17.3 Å². The molecule has 0 fully saturated rings. The van der Waals surface area contributed by atoms with E-state index in [1.807, 2.05) is 0 Å². The molecule has 0 aromatic rings. The van der Waals surface area contributed by atoms with Crippen LogP contribution in [0.4, 0.5) is 0 Å². The summed E-state index contributed by atoms with van der Waals surface area (Å²) in [4.78, 5) is 25.6. The molecule has 4 nitrogen and oxygen atoms in total. The zero-order valence-corrected chi connectivity index (χ0v) is 33.8. The first kappa shape index (κ1) is 52.0. The van der Waals surface area contributed by atoms with Gasteiger partial charge in [0.15, 0.2) is 0 Å². The molecule has 0 aliphatic heterocycles. The Morgan fingerprint density at radius 1 is 0.318 bits per heavy atom. The Kier molecular flexibility index (Phi) is 60.3. The molecule has 0 heterocycles. The average molecular weight is 705 g/mol. The van der Waals surface area contributed by atoms with Crippen LogP contribution in [0.25, 0.3) is 0 Å². The molecular weight excluding hydrogens is 624 g/mol. The Balaban J connectivity index is -0.000000253. The standard InChI is InChI=1S/3C12H26S.H3O4P/c3*1-2-3-4-5-6-7-8-9-10-11-12-13;1-5(2,3)4/h3*13H,2-12H2,1H3;(H3,1,2,3,4). The van der Waals surface area contributed by atoms with Gasteiger partial charge in [0.1, 0.15) is 17.3 Å². The molecule has 0 spiro atoms. The molecular formula is C36H81O4PS3. The van der Waals surface area contributed by atoms with E-state index in [4.69, 9.17) is 19.2 Å². The summed E-state index contributed by atoms with van der Waals surface area (Å²) in [6.07, 6.45) is 43.0. The quantitative estimate of drug-likeness (QED) is 0.0425. The summed E-state index contributed by atoms with van der Waals surface area (Å²) >= 11 is 10.5. The van der Waals surface area contributed by atoms with E-state index < -0.39 is 7.82 Å². The fraction of sp³-hybridized carbons (Fsp3) is 1.00. The van der Waals surface area contributed by atoms with Crippen molar-refractivity contribution in [2.75, 3.05) is 17.3 Å². The number of hydrogen-bond acceptors (Lipinski definition) is 4. The van der Waals surface area contributed by atoms with Gasteiger partial charge in [-0.1, -0.05) is 175 Å². The third-order valence-corrected chi connectivity index (χ3v) is 8.65. The Morgan fingerprint density at radius 3 is 0.545 bits per heavy atom. The van der Waals surface area contributed by atoms with Gasteiger partial charge in [0.2, 0.25) is 0 Å². The van der Waals surface area contributed by atoms with Crippen molar-refractivity contribution in [3.63, 3.8) is 0 Å². The lowest BCUT2D eigenvalue weighted by Crippen LogP contribution is -2.24. The normalized spacial score (nSPS) is 10.8. The maximum atomic E-state index is 8.55. The van der Waals surface area contributed by atoms with Gasteiger partial charge < -0.3 is 19.2 Å². The van der Waals surface area contributed by atoms with Crippen LogP contribution >= 0.6 is 7.82 Å². The molecule has 0 amide bonds. The summed E-state index contributed by atoms with van der Waals surface area (Å²) in [5.41, 5.74) is 0. The van der Waals surface area contributed by atoms with E-state index in [9.17, 15) is 0 Å². The van der Waals surface area contributed by atoms with Crippen LogP contribution in [0.5, 0.6) is 0 Å². The third kappa shape index (κ3) is 79.0. The molecule has 0 aliphatic rings. The van der Waals surface area contributed by atoms with E-state index >= 15 is 0 Å². The molecule has 0 N–H and O–H groups in total. The first-order valence-electron chi connectivity index (χ1n) is 18.9. The van der Waals surface area contributed by atoms with Crippen molar-refractivity contribution in [2.24, 2.45) is 0 Å². The van der Waals surface area contributed by atoms with Crippen LogP contribution in [-0.2, 0) is 42.5 Å². The van der Waals surface area contributed by atoms with Crippen molar-refractivity contribution in [1.29, 1.82) is 0 Å². The molecule has 0 aromatic heterocycles. The molecule has 0 rings (SSSR count). The van der Waals surface area contributed by atoms with Gasteiger partial charge in [0, 0.05) is 0 Å². The Bertz CT molecular complexity index is 405. The zero-order chi connectivity index (χ0) is 33.8. The largest absolute Gasteiger partial charge is 0.822 e. The minimum absolute atomic E-state index is 1.18. The SMILES string of the molecule is CCCCCCCCCCCC[SH2+].CCCCCCCCCCCC[SH2+].CCCCCCCCCCCC[SH2+].O=P([O-])([O-])[O-].